The average molecular weight is 591 g/mol. The van der Waals surface area contributed by atoms with Gasteiger partial charge in [-0.05, 0) is 72.7 Å². The summed E-state index contributed by atoms with van der Waals surface area (Å²) in [5.41, 5.74) is 5.63. The fourth-order valence-corrected chi connectivity index (χ4v) is 7.83. The molecule has 1 aromatic heterocycles. The van der Waals surface area contributed by atoms with Crippen molar-refractivity contribution in [1.82, 2.24) is 19.3 Å². The number of fused-ring (bicyclic) bond motifs is 2. The first kappa shape index (κ1) is 27.4. The van der Waals surface area contributed by atoms with Crippen LogP contribution in [0.3, 0.4) is 0 Å². The summed E-state index contributed by atoms with van der Waals surface area (Å²) in [5, 5.41) is 18.8. The van der Waals surface area contributed by atoms with Gasteiger partial charge in [0.2, 0.25) is 0 Å². The number of benzene rings is 3. The Bertz CT molecular complexity index is 1700. The van der Waals surface area contributed by atoms with Crippen LogP contribution in [0.15, 0.2) is 59.5 Å². The Hall–Kier alpha value is -3.48. The van der Waals surface area contributed by atoms with Gasteiger partial charge in [0.1, 0.15) is 16.2 Å². The quantitative estimate of drug-likeness (QED) is 0.249. The summed E-state index contributed by atoms with van der Waals surface area (Å²) in [4.78, 5) is 12.5. The Labute approximate surface area is 245 Å². The highest BCUT2D eigenvalue weighted by atomic mass is 32.3. The van der Waals surface area contributed by atoms with Crippen LogP contribution in [0, 0.1) is 13.8 Å². The van der Waals surface area contributed by atoms with Crippen LogP contribution in [0.1, 0.15) is 59.0 Å². The number of carbonyl (C=O) groups is 1. The smallest absolute Gasteiger partial charge is 0.304 e. The predicted molar refractivity (Wildman–Crippen MR) is 158 cm³/mol. The number of rotatable bonds is 7. The third-order valence-corrected chi connectivity index (χ3v) is 10.6. The second-order valence-electron chi connectivity index (χ2n) is 11.8. The Kier molecular flexibility index (Phi) is 6.55. The van der Waals surface area contributed by atoms with Crippen LogP contribution in [0.4, 0.5) is 0 Å². The van der Waals surface area contributed by atoms with E-state index in [1.807, 2.05) is 54.9 Å². The molecule has 2 aliphatic heterocycles. The molecule has 3 aromatic carbocycles. The summed E-state index contributed by atoms with van der Waals surface area (Å²) in [5.74, 6) is -0.859. The van der Waals surface area contributed by atoms with Crippen molar-refractivity contribution < 1.29 is 28.5 Å². The Morgan fingerprint density at radius 1 is 1.12 bits per heavy atom. The van der Waals surface area contributed by atoms with E-state index in [-0.39, 0.29) is 19.5 Å². The van der Waals surface area contributed by atoms with E-state index in [0.29, 0.717) is 29.9 Å². The van der Waals surface area contributed by atoms with E-state index in [4.69, 9.17) is 9.47 Å². The van der Waals surface area contributed by atoms with Crippen molar-refractivity contribution in [3.05, 3.63) is 82.4 Å². The molecule has 3 aliphatic rings. The highest BCUT2D eigenvalue weighted by molar-refractivity contribution is 8.22. The number of hydrogen-bond acceptors (Lipinski definition) is 8. The highest BCUT2D eigenvalue weighted by Crippen LogP contribution is 2.59. The topological polar surface area (TPSA) is 130 Å². The van der Waals surface area contributed by atoms with Crippen LogP contribution in [0.2, 0.25) is 0 Å². The maximum absolute atomic E-state index is 12.1. The summed E-state index contributed by atoms with van der Waals surface area (Å²) in [6.45, 7) is 5.21. The van der Waals surface area contributed by atoms with Gasteiger partial charge >= 0.3 is 5.97 Å². The molecule has 1 aliphatic carbocycles. The number of aryl methyl sites for hydroxylation is 2. The molecule has 3 heterocycles. The van der Waals surface area contributed by atoms with Crippen molar-refractivity contribution in [2.45, 2.75) is 62.1 Å². The number of hydrogen-bond donors (Lipinski definition) is 3. The molecule has 7 rings (SSSR count). The van der Waals surface area contributed by atoms with Gasteiger partial charge in [-0.2, -0.15) is 4.31 Å². The normalized spacial score (nSPS) is 20.8. The van der Waals surface area contributed by atoms with Gasteiger partial charge in [0.05, 0.1) is 37.7 Å². The first-order chi connectivity index (χ1) is 20.1. The number of ether oxygens (including phenoxy) is 2. The van der Waals surface area contributed by atoms with E-state index in [9.17, 15) is 19.0 Å². The number of carboxylic acids is 1. The number of nitrogens with zero attached hydrogens (tertiary/aromatic N) is 4. The van der Waals surface area contributed by atoms with Crippen molar-refractivity contribution >= 4 is 27.8 Å². The second-order valence-corrected chi connectivity index (χ2v) is 13.8. The lowest BCUT2D eigenvalue weighted by Crippen LogP contribution is -2.60. The fraction of sp³-hybridized carbons (Fsp3) is 0.387. The van der Waals surface area contributed by atoms with Crippen molar-refractivity contribution in [2.75, 3.05) is 19.8 Å². The van der Waals surface area contributed by atoms with Crippen molar-refractivity contribution in [1.29, 1.82) is 0 Å². The second kappa shape index (κ2) is 10.1. The van der Waals surface area contributed by atoms with Crippen LogP contribution in [-0.2, 0) is 16.1 Å². The van der Waals surface area contributed by atoms with E-state index in [1.54, 1.807) is 22.5 Å². The van der Waals surface area contributed by atoms with Gasteiger partial charge in [0.15, 0.2) is 5.60 Å². The number of para-hydroxylation sites is 1. The SMILES string of the molecule is Cc1ccc(C(CC(=O)O)c2ccc3c(nnn3C3CC3)c2C)cc1CN1CC2(COC2)Oc2ccccc2S1(O)O. The summed E-state index contributed by atoms with van der Waals surface area (Å²) in [6.07, 6.45) is 2.10. The van der Waals surface area contributed by atoms with Gasteiger partial charge < -0.3 is 14.6 Å². The van der Waals surface area contributed by atoms with Crippen LogP contribution < -0.4 is 4.74 Å². The molecular formula is C31H34N4O6S. The minimum Gasteiger partial charge on any atom is -0.481 e. The summed E-state index contributed by atoms with van der Waals surface area (Å²) < 4.78 is 38.6. The lowest BCUT2D eigenvalue weighted by molar-refractivity contribution is -0.165. The number of aromatic nitrogens is 3. The molecule has 0 bridgehead atoms. The van der Waals surface area contributed by atoms with Crippen LogP contribution in [-0.4, -0.2) is 64.8 Å². The maximum Gasteiger partial charge on any atom is 0.304 e. The standard InChI is InChI=1S/C31H34N4O6S/c1-19-7-8-21(25(14-29(36)37)24-11-12-26-30(20(24)2)32-33-35(26)23-9-10-23)13-22(19)15-34-16-31(17-40-18-31)41-27-5-3-4-6-28(27)42(34,38)39/h3-8,11-13,23,25,38-39H,9-10,14-18H2,1-2H3,(H,36,37). The fourth-order valence-electron chi connectivity index (χ4n) is 6.17. The highest BCUT2D eigenvalue weighted by Gasteiger charge is 2.49. The molecule has 1 saturated heterocycles. The molecule has 1 unspecified atom stereocenters. The van der Waals surface area contributed by atoms with Crippen molar-refractivity contribution in [2.24, 2.45) is 0 Å². The zero-order chi connectivity index (χ0) is 29.2. The molecule has 11 heteroatoms. The predicted octanol–water partition coefficient (Wildman–Crippen LogP) is 5.68. The molecular weight excluding hydrogens is 556 g/mol. The monoisotopic (exact) mass is 590 g/mol. The van der Waals surface area contributed by atoms with E-state index in [1.165, 1.54) is 0 Å². The molecule has 3 N–H and O–H groups in total. The molecule has 1 saturated carbocycles. The first-order valence-corrected chi connectivity index (χ1v) is 15.7. The van der Waals surface area contributed by atoms with Gasteiger partial charge in [-0.1, -0.05) is 41.6 Å². The summed E-state index contributed by atoms with van der Waals surface area (Å²) in [6, 6.07) is 17.4. The van der Waals surface area contributed by atoms with E-state index >= 15 is 0 Å². The largest absolute Gasteiger partial charge is 0.481 e. The summed E-state index contributed by atoms with van der Waals surface area (Å²) >= 11 is 0. The molecule has 1 atom stereocenters. The molecule has 0 radical (unpaired) electrons. The van der Waals surface area contributed by atoms with Gasteiger partial charge in [-0.15, -0.1) is 15.9 Å². The maximum atomic E-state index is 12.1. The lowest BCUT2D eigenvalue weighted by Gasteiger charge is -2.46. The Morgan fingerprint density at radius 3 is 2.62 bits per heavy atom. The third-order valence-electron chi connectivity index (χ3n) is 8.73. The van der Waals surface area contributed by atoms with Gasteiger partial charge in [-0.3, -0.25) is 13.9 Å². The van der Waals surface area contributed by atoms with Crippen LogP contribution >= 0.6 is 10.8 Å². The molecule has 42 heavy (non-hydrogen) atoms. The first-order valence-electron chi connectivity index (χ1n) is 14.2. The number of carboxylic acid groups (broad SMARTS) is 1. The van der Waals surface area contributed by atoms with Crippen molar-refractivity contribution in [3.8, 4) is 5.75 Å². The summed E-state index contributed by atoms with van der Waals surface area (Å²) in [7, 11) is -3.38. The van der Waals surface area contributed by atoms with E-state index in [2.05, 4.69) is 10.3 Å². The molecule has 4 aromatic rings. The lowest BCUT2D eigenvalue weighted by atomic mass is 9.84. The average Bonchev–Trinajstić information content (AvgIpc) is 3.70. The van der Waals surface area contributed by atoms with Gasteiger partial charge in [-0.25, -0.2) is 4.68 Å². The van der Waals surface area contributed by atoms with Gasteiger partial charge in [0, 0.05) is 12.5 Å². The van der Waals surface area contributed by atoms with Crippen molar-refractivity contribution in [3.63, 3.8) is 0 Å². The van der Waals surface area contributed by atoms with Gasteiger partial charge in [0.25, 0.3) is 0 Å². The molecule has 2 fully saturated rings. The minimum atomic E-state index is -3.38. The molecule has 1 spiro atoms. The molecule has 220 valence electrons. The molecule has 0 amide bonds. The van der Waals surface area contributed by atoms with Crippen LogP contribution in [0.25, 0.3) is 11.0 Å². The molecule has 10 nitrogen and oxygen atoms in total. The zero-order valence-corrected chi connectivity index (χ0v) is 24.4. The third kappa shape index (κ3) is 4.65. The Balaban J connectivity index is 1.26. The van der Waals surface area contributed by atoms with E-state index in [0.717, 1.165) is 51.7 Å². The minimum absolute atomic E-state index is 0.0911. The Morgan fingerprint density at radius 2 is 1.90 bits per heavy atom. The zero-order valence-electron chi connectivity index (χ0n) is 23.6. The van der Waals surface area contributed by atoms with Crippen LogP contribution in [0.5, 0.6) is 5.75 Å². The number of aliphatic carboxylic acids is 1. The van der Waals surface area contributed by atoms with E-state index < -0.39 is 28.3 Å².